The van der Waals surface area contributed by atoms with Crippen molar-refractivity contribution in [2.75, 3.05) is 6.61 Å². The molecule has 0 saturated carbocycles. The summed E-state index contributed by atoms with van der Waals surface area (Å²) >= 11 is 0. The summed E-state index contributed by atoms with van der Waals surface area (Å²) in [6.45, 7) is 6.42. The zero-order valence-electron chi connectivity index (χ0n) is 10.3. The molecule has 0 fully saturated rings. The maximum Gasteiger partial charge on any atom is 0.330 e. The summed E-state index contributed by atoms with van der Waals surface area (Å²) in [5.74, 6) is 2.35. The summed E-state index contributed by atoms with van der Waals surface area (Å²) in [5.41, 5.74) is 0.114. The largest absolute Gasteiger partial charge is 0.463 e. The van der Waals surface area contributed by atoms with E-state index in [2.05, 4.69) is 19.8 Å². The van der Waals surface area contributed by atoms with Crippen molar-refractivity contribution in [3.8, 4) is 12.3 Å². The maximum atomic E-state index is 10.9. The van der Waals surface area contributed by atoms with E-state index in [1.807, 2.05) is 12.2 Å². The lowest BCUT2D eigenvalue weighted by Crippen LogP contribution is -2.08. The maximum absolute atomic E-state index is 10.9. The third-order valence-electron chi connectivity index (χ3n) is 2.02. The third kappa shape index (κ3) is 7.87. The average molecular weight is 220 g/mol. The molecule has 2 heteroatoms. The fourth-order valence-electron chi connectivity index (χ4n) is 1.14. The topological polar surface area (TPSA) is 26.3 Å². The van der Waals surface area contributed by atoms with Gasteiger partial charge < -0.3 is 4.74 Å². The van der Waals surface area contributed by atoms with E-state index in [1.54, 1.807) is 13.0 Å². The normalized spacial score (nSPS) is 11.9. The average Bonchev–Trinajstić information content (AvgIpc) is 2.17. The number of allylic oxidation sites excluding steroid dienone is 3. The van der Waals surface area contributed by atoms with Gasteiger partial charge in [-0.05, 0) is 18.8 Å². The van der Waals surface area contributed by atoms with Crippen LogP contribution in [0.4, 0.5) is 0 Å². The number of rotatable bonds is 6. The summed E-state index contributed by atoms with van der Waals surface area (Å²) in [7, 11) is 0. The van der Waals surface area contributed by atoms with Crippen molar-refractivity contribution < 1.29 is 9.53 Å². The Morgan fingerprint density at radius 2 is 2.12 bits per heavy atom. The highest BCUT2D eigenvalue weighted by atomic mass is 16.5. The number of terminal acetylenes is 1. The van der Waals surface area contributed by atoms with Crippen LogP contribution in [-0.4, -0.2) is 12.6 Å². The van der Waals surface area contributed by atoms with Gasteiger partial charge in [0.1, 0.15) is 0 Å². The number of esters is 1. The molecule has 2 nitrogen and oxygen atoms in total. The first-order valence-electron chi connectivity index (χ1n) is 5.45. The first-order chi connectivity index (χ1) is 7.52. The summed E-state index contributed by atoms with van der Waals surface area (Å²) in [5, 5.41) is 0. The van der Waals surface area contributed by atoms with Crippen molar-refractivity contribution in [1.29, 1.82) is 0 Å². The molecule has 0 aliphatic carbocycles. The molecule has 0 spiro atoms. The molecule has 0 amide bonds. The zero-order valence-corrected chi connectivity index (χ0v) is 10.3. The van der Waals surface area contributed by atoms with E-state index in [0.717, 1.165) is 12.8 Å². The van der Waals surface area contributed by atoms with Crippen LogP contribution >= 0.6 is 0 Å². The van der Waals surface area contributed by atoms with Crippen LogP contribution in [0.2, 0.25) is 0 Å². The van der Waals surface area contributed by atoms with Gasteiger partial charge in [0.15, 0.2) is 0 Å². The number of hydrogen-bond donors (Lipinski definition) is 0. The predicted molar refractivity (Wildman–Crippen MR) is 66.8 cm³/mol. The van der Waals surface area contributed by atoms with Crippen LogP contribution in [0.25, 0.3) is 0 Å². The van der Waals surface area contributed by atoms with E-state index in [4.69, 9.17) is 11.2 Å². The van der Waals surface area contributed by atoms with Gasteiger partial charge in [-0.1, -0.05) is 32.1 Å². The molecular formula is C14H20O2. The number of ether oxygens (including phenoxy) is 1. The zero-order chi connectivity index (χ0) is 12.4. The third-order valence-corrected chi connectivity index (χ3v) is 2.02. The van der Waals surface area contributed by atoms with Crippen LogP contribution in [0.5, 0.6) is 0 Å². The molecule has 0 aliphatic rings. The van der Waals surface area contributed by atoms with Crippen molar-refractivity contribution in [3.05, 3.63) is 24.3 Å². The molecule has 16 heavy (non-hydrogen) atoms. The number of hydrogen-bond acceptors (Lipinski definition) is 2. The highest BCUT2D eigenvalue weighted by Crippen LogP contribution is 2.24. The van der Waals surface area contributed by atoms with E-state index in [1.165, 1.54) is 6.08 Å². The van der Waals surface area contributed by atoms with E-state index in [-0.39, 0.29) is 11.4 Å². The van der Waals surface area contributed by atoms with Crippen LogP contribution in [0.1, 0.15) is 33.6 Å². The summed E-state index contributed by atoms with van der Waals surface area (Å²) in [6, 6.07) is 0. The van der Waals surface area contributed by atoms with E-state index in [9.17, 15) is 4.79 Å². The van der Waals surface area contributed by atoms with Gasteiger partial charge >= 0.3 is 5.97 Å². The Morgan fingerprint density at radius 1 is 1.44 bits per heavy atom. The van der Waals surface area contributed by atoms with Gasteiger partial charge in [-0.3, -0.25) is 0 Å². The number of carbonyl (C=O) groups is 1. The molecule has 0 aromatic rings. The van der Waals surface area contributed by atoms with Crippen molar-refractivity contribution in [2.45, 2.75) is 33.6 Å². The molecule has 0 atom stereocenters. The monoisotopic (exact) mass is 220 g/mol. The summed E-state index contributed by atoms with van der Waals surface area (Å²) in [4.78, 5) is 10.9. The van der Waals surface area contributed by atoms with Crippen LogP contribution in [0.3, 0.4) is 0 Å². The minimum Gasteiger partial charge on any atom is -0.463 e. The van der Waals surface area contributed by atoms with E-state index in [0.29, 0.717) is 6.61 Å². The van der Waals surface area contributed by atoms with Gasteiger partial charge in [0.05, 0.1) is 6.61 Å². The fourth-order valence-corrected chi connectivity index (χ4v) is 1.14. The minimum absolute atomic E-state index is 0.114. The molecule has 0 aromatic carbocycles. The fraction of sp³-hybridized carbons (Fsp3) is 0.500. The second-order valence-electron chi connectivity index (χ2n) is 4.29. The van der Waals surface area contributed by atoms with E-state index >= 15 is 0 Å². The standard InChI is InChI=1S/C14H20O2/c1-5-11-14(3,4)12-9-7-8-10-13(15)16-6-2/h1,7-10H,6,11-12H2,2-4H3/b9-7+,10-8+. The van der Waals surface area contributed by atoms with Gasteiger partial charge in [0.2, 0.25) is 0 Å². The van der Waals surface area contributed by atoms with Crippen molar-refractivity contribution in [1.82, 2.24) is 0 Å². The SMILES string of the molecule is C#CCC(C)(C)C/C=C/C=C/C(=O)OCC. The highest BCUT2D eigenvalue weighted by molar-refractivity contribution is 5.82. The Hall–Kier alpha value is -1.49. The van der Waals surface area contributed by atoms with Gasteiger partial charge in [-0.2, -0.15) is 0 Å². The summed E-state index contributed by atoms with van der Waals surface area (Å²) < 4.78 is 4.74. The van der Waals surface area contributed by atoms with Gasteiger partial charge in [-0.15, -0.1) is 12.3 Å². The van der Waals surface area contributed by atoms with Gasteiger partial charge in [-0.25, -0.2) is 4.79 Å². The second kappa shape index (κ2) is 7.76. The molecule has 0 aliphatic heterocycles. The Balaban J connectivity index is 3.95. The molecule has 0 heterocycles. The Bertz CT molecular complexity index is 303. The molecule has 88 valence electrons. The lowest BCUT2D eigenvalue weighted by molar-refractivity contribution is -0.137. The lowest BCUT2D eigenvalue weighted by Gasteiger charge is -2.18. The van der Waals surface area contributed by atoms with Crippen LogP contribution in [0, 0.1) is 17.8 Å². The molecule has 0 bridgehead atoms. The first-order valence-corrected chi connectivity index (χ1v) is 5.45. The Kier molecular flexibility index (Phi) is 7.03. The summed E-state index contributed by atoms with van der Waals surface area (Å²) in [6.07, 6.45) is 13.9. The van der Waals surface area contributed by atoms with E-state index < -0.39 is 0 Å². The molecule has 0 aromatic heterocycles. The minimum atomic E-state index is -0.310. The van der Waals surface area contributed by atoms with Gasteiger partial charge in [0.25, 0.3) is 0 Å². The van der Waals surface area contributed by atoms with Gasteiger partial charge in [0, 0.05) is 12.5 Å². The molecule has 0 radical (unpaired) electrons. The Morgan fingerprint density at radius 3 is 2.69 bits per heavy atom. The molecule has 0 saturated heterocycles. The predicted octanol–water partition coefficient (Wildman–Crippen LogP) is 3.10. The second-order valence-corrected chi connectivity index (χ2v) is 4.29. The quantitative estimate of drug-likeness (QED) is 0.297. The van der Waals surface area contributed by atoms with Crippen molar-refractivity contribution >= 4 is 5.97 Å². The Labute approximate surface area is 98.4 Å². The van der Waals surface area contributed by atoms with Crippen molar-refractivity contribution in [3.63, 3.8) is 0 Å². The first kappa shape index (κ1) is 14.5. The molecule has 0 rings (SSSR count). The van der Waals surface area contributed by atoms with Crippen LogP contribution < -0.4 is 0 Å². The molecule has 0 N–H and O–H groups in total. The lowest BCUT2D eigenvalue weighted by atomic mass is 9.86. The highest BCUT2D eigenvalue weighted by Gasteiger charge is 2.13. The van der Waals surface area contributed by atoms with Crippen molar-refractivity contribution in [2.24, 2.45) is 5.41 Å². The van der Waals surface area contributed by atoms with Crippen LogP contribution in [0.15, 0.2) is 24.3 Å². The molecule has 0 unspecified atom stereocenters. The molecular weight excluding hydrogens is 200 g/mol. The van der Waals surface area contributed by atoms with Crippen LogP contribution in [-0.2, 0) is 9.53 Å². The smallest absolute Gasteiger partial charge is 0.330 e. The number of carbonyl (C=O) groups excluding carboxylic acids is 1.